The predicted octanol–water partition coefficient (Wildman–Crippen LogP) is -0.661. The minimum absolute atomic E-state index is 0.275. The van der Waals surface area contributed by atoms with Crippen LogP contribution in [0.2, 0.25) is 0 Å². The molecule has 2 amide bonds. The van der Waals surface area contributed by atoms with Crippen LogP contribution in [-0.4, -0.2) is 45.8 Å². The number of urea groups is 1. The smallest absolute Gasteiger partial charge is 0.325 e. The van der Waals surface area contributed by atoms with Crippen molar-refractivity contribution >= 4 is 6.03 Å². The Bertz CT molecular complexity index is 284. The van der Waals surface area contributed by atoms with Gasteiger partial charge < -0.3 is 20.3 Å². The van der Waals surface area contributed by atoms with E-state index in [2.05, 4.69) is 5.32 Å². The molecule has 1 saturated heterocycles. The Morgan fingerprint density at radius 1 is 1.60 bits per heavy atom. The molecule has 3 N–H and O–H groups in total. The van der Waals surface area contributed by atoms with Gasteiger partial charge in [-0.2, -0.15) is 0 Å². The van der Waals surface area contributed by atoms with E-state index < -0.39 is 24.6 Å². The van der Waals surface area contributed by atoms with Gasteiger partial charge in [0, 0.05) is 12.6 Å². The number of amides is 2. The van der Waals surface area contributed by atoms with Crippen LogP contribution >= 0.6 is 0 Å². The molecule has 0 aromatic heterocycles. The predicted molar refractivity (Wildman–Crippen MR) is 50.5 cm³/mol. The summed E-state index contributed by atoms with van der Waals surface area (Å²) in [6.45, 7) is 1.76. The van der Waals surface area contributed by atoms with E-state index in [9.17, 15) is 9.90 Å². The summed E-state index contributed by atoms with van der Waals surface area (Å²) in [6, 6.07) is -0.420. The van der Waals surface area contributed by atoms with Gasteiger partial charge in [-0.25, -0.2) is 4.79 Å². The van der Waals surface area contributed by atoms with Crippen LogP contribution in [0, 0.1) is 0 Å². The summed E-state index contributed by atoms with van der Waals surface area (Å²) in [6.07, 6.45) is 1.07. The topological polar surface area (TPSA) is 82.0 Å². The van der Waals surface area contributed by atoms with Gasteiger partial charge in [-0.15, -0.1) is 0 Å². The minimum Gasteiger partial charge on any atom is -0.390 e. The van der Waals surface area contributed by atoms with Gasteiger partial charge in [-0.1, -0.05) is 0 Å². The van der Waals surface area contributed by atoms with Gasteiger partial charge in [0.15, 0.2) is 0 Å². The SMILES string of the molecule is C[C@H]1O[C@@H](N2C=CC(O)NC2=O)C[C@@H]1O. The van der Waals surface area contributed by atoms with E-state index in [4.69, 9.17) is 9.84 Å². The number of rotatable bonds is 1. The van der Waals surface area contributed by atoms with E-state index in [1.54, 1.807) is 6.92 Å². The highest BCUT2D eigenvalue weighted by atomic mass is 16.5. The monoisotopic (exact) mass is 214 g/mol. The summed E-state index contributed by atoms with van der Waals surface area (Å²) in [5.74, 6) is 0. The maximum absolute atomic E-state index is 11.4. The number of nitrogens with one attached hydrogen (secondary N) is 1. The molecule has 2 aliphatic heterocycles. The van der Waals surface area contributed by atoms with Crippen LogP contribution in [0.5, 0.6) is 0 Å². The van der Waals surface area contributed by atoms with Crippen molar-refractivity contribution in [1.29, 1.82) is 0 Å². The molecule has 6 heteroatoms. The summed E-state index contributed by atoms with van der Waals surface area (Å²) < 4.78 is 5.40. The molecule has 0 saturated carbocycles. The molecule has 1 unspecified atom stereocenters. The van der Waals surface area contributed by atoms with Crippen LogP contribution in [0.3, 0.4) is 0 Å². The van der Waals surface area contributed by atoms with Gasteiger partial charge in [-0.3, -0.25) is 4.90 Å². The maximum Gasteiger partial charge on any atom is 0.325 e. The Labute approximate surface area is 87.1 Å². The quantitative estimate of drug-likeness (QED) is 0.541. The lowest BCUT2D eigenvalue weighted by Crippen LogP contribution is -2.49. The fourth-order valence-electron chi connectivity index (χ4n) is 1.69. The first-order chi connectivity index (χ1) is 7.08. The van der Waals surface area contributed by atoms with E-state index in [1.807, 2.05) is 0 Å². The average molecular weight is 214 g/mol. The maximum atomic E-state index is 11.4. The number of nitrogens with zero attached hydrogens (tertiary/aromatic N) is 1. The van der Waals surface area contributed by atoms with Gasteiger partial charge in [0.05, 0.1) is 12.2 Å². The van der Waals surface area contributed by atoms with E-state index in [1.165, 1.54) is 17.2 Å². The first kappa shape index (κ1) is 10.4. The molecular formula is C9H14N2O4. The fraction of sp³-hybridized carbons (Fsp3) is 0.667. The number of hydrogen-bond acceptors (Lipinski definition) is 4. The van der Waals surface area contributed by atoms with Gasteiger partial charge in [-0.05, 0) is 13.0 Å². The van der Waals surface area contributed by atoms with Crippen molar-refractivity contribution in [3.63, 3.8) is 0 Å². The summed E-state index contributed by atoms with van der Waals surface area (Å²) >= 11 is 0. The molecule has 2 aliphatic rings. The molecule has 15 heavy (non-hydrogen) atoms. The highest BCUT2D eigenvalue weighted by Crippen LogP contribution is 2.24. The van der Waals surface area contributed by atoms with E-state index in [0.29, 0.717) is 6.42 Å². The van der Waals surface area contributed by atoms with Gasteiger partial charge in [0.1, 0.15) is 12.5 Å². The van der Waals surface area contributed by atoms with Gasteiger partial charge >= 0.3 is 6.03 Å². The summed E-state index contributed by atoms with van der Waals surface area (Å²) in [5, 5.41) is 20.9. The molecule has 84 valence electrons. The Hall–Kier alpha value is -1.11. The summed E-state index contributed by atoms with van der Waals surface area (Å²) in [5.41, 5.74) is 0. The highest BCUT2D eigenvalue weighted by molar-refractivity contribution is 5.77. The molecule has 0 spiro atoms. The van der Waals surface area contributed by atoms with E-state index >= 15 is 0 Å². The lowest BCUT2D eigenvalue weighted by atomic mass is 10.2. The van der Waals surface area contributed by atoms with Crippen LogP contribution in [0.15, 0.2) is 12.3 Å². The molecule has 1 fully saturated rings. The molecule has 2 rings (SSSR count). The number of aliphatic hydroxyl groups is 2. The zero-order valence-electron chi connectivity index (χ0n) is 8.33. The standard InChI is InChI=1S/C9H14N2O4/c1-5-6(12)4-8(15-5)11-3-2-7(13)10-9(11)14/h2-3,5-8,12-13H,4H2,1H3,(H,10,14)/t5-,6+,7?,8-/m1/s1. The van der Waals surface area contributed by atoms with E-state index in [0.717, 1.165) is 0 Å². The van der Waals surface area contributed by atoms with E-state index in [-0.39, 0.29) is 6.10 Å². The number of ether oxygens (including phenoxy) is 1. The lowest BCUT2D eigenvalue weighted by molar-refractivity contribution is -0.0258. The van der Waals surface area contributed by atoms with Crippen molar-refractivity contribution in [2.45, 2.75) is 38.0 Å². The number of carbonyl (C=O) groups excluding carboxylic acids is 1. The van der Waals surface area contributed by atoms with Crippen molar-refractivity contribution in [1.82, 2.24) is 10.2 Å². The van der Waals surface area contributed by atoms with Gasteiger partial charge in [0.2, 0.25) is 0 Å². The minimum atomic E-state index is -0.947. The molecule has 0 radical (unpaired) electrons. The van der Waals surface area contributed by atoms with Crippen molar-refractivity contribution < 1.29 is 19.7 Å². The largest absolute Gasteiger partial charge is 0.390 e. The van der Waals surface area contributed by atoms with Crippen molar-refractivity contribution in [2.75, 3.05) is 0 Å². The summed E-state index contributed by atoms with van der Waals surface area (Å²) in [7, 11) is 0. The molecule has 4 atom stereocenters. The van der Waals surface area contributed by atoms with Crippen molar-refractivity contribution in [3.8, 4) is 0 Å². The van der Waals surface area contributed by atoms with Crippen LogP contribution in [0.25, 0.3) is 0 Å². The second kappa shape index (κ2) is 3.80. The van der Waals surface area contributed by atoms with Crippen molar-refractivity contribution in [2.24, 2.45) is 0 Å². The Morgan fingerprint density at radius 3 is 2.87 bits per heavy atom. The van der Waals surface area contributed by atoms with Crippen molar-refractivity contribution in [3.05, 3.63) is 12.3 Å². The Kier molecular flexibility index (Phi) is 2.64. The first-order valence-electron chi connectivity index (χ1n) is 4.86. The lowest BCUT2D eigenvalue weighted by Gasteiger charge is -2.29. The summed E-state index contributed by atoms with van der Waals surface area (Å²) in [4.78, 5) is 12.8. The fourth-order valence-corrected chi connectivity index (χ4v) is 1.69. The zero-order chi connectivity index (χ0) is 11.0. The first-order valence-corrected chi connectivity index (χ1v) is 4.86. The molecule has 0 bridgehead atoms. The third-order valence-electron chi connectivity index (χ3n) is 2.60. The molecular weight excluding hydrogens is 200 g/mol. The third-order valence-corrected chi connectivity index (χ3v) is 2.60. The number of aliphatic hydroxyl groups excluding tert-OH is 2. The number of hydrogen-bond donors (Lipinski definition) is 3. The Morgan fingerprint density at radius 2 is 2.33 bits per heavy atom. The normalized spacial score (nSPS) is 40.7. The van der Waals surface area contributed by atoms with Crippen LogP contribution in [-0.2, 0) is 4.74 Å². The molecule has 0 aliphatic carbocycles. The second-order valence-electron chi connectivity index (χ2n) is 3.74. The average Bonchev–Trinajstić information content (AvgIpc) is 2.46. The van der Waals surface area contributed by atoms with Crippen LogP contribution in [0.1, 0.15) is 13.3 Å². The van der Waals surface area contributed by atoms with Crippen LogP contribution < -0.4 is 5.32 Å². The molecule has 0 aromatic carbocycles. The van der Waals surface area contributed by atoms with Crippen LogP contribution in [0.4, 0.5) is 4.79 Å². The highest BCUT2D eigenvalue weighted by Gasteiger charge is 2.37. The Balaban J connectivity index is 2.06. The third kappa shape index (κ3) is 1.97. The second-order valence-corrected chi connectivity index (χ2v) is 3.74. The van der Waals surface area contributed by atoms with Gasteiger partial charge in [0.25, 0.3) is 0 Å². The number of carbonyl (C=O) groups is 1. The molecule has 2 heterocycles. The molecule has 0 aromatic rings. The molecule has 6 nitrogen and oxygen atoms in total. The zero-order valence-corrected chi connectivity index (χ0v) is 8.33.